The summed E-state index contributed by atoms with van der Waals surface area (Å²) in [6, 6.07) is 9.55. The summed E-state index contributed by atoms with van der Waals surface area (Å²) in [6.07, 6.45) is 2.76. The number of rotatable bonds is 3. The van der Waals surface area contributed by atoms with Crippen molar-refractivity contribution in [3.05, 3.63) is 75.3 Å². The monoisotopic (exact) mass is 356 g/mol. The van der Waals surface area contributed by atoms with Crippen molar-refractivity contribution < 1.29 is 9.59 Å². The fourth-order valence-corrected chi connectivity index (χ4v) is 2.50. The topological polar surface area (TPSA) is 92.6 Å². The zero-order chi connectivity index (χ0) is 18.0. The first kappa shape index (κ1) is 16.7. The van der Waals surface area contributed by atoms with Gasteiger partial charge in [-0.1, -0.05) is 17.7 Å². The summed E-state index contributed by atoms with van der Waals surface area (Å²) in [5.74, 6) is -1.01. The molecule has 0 atom stereocenters. The van der Waals surface area contributed by atoms with Gasteiger partial charge in [-0.15, -0.1) is 0 Å². The predicted octanol–water partition coefficient (Wildman–Crippen LogP) is 1.96. The summed E-state index contributed by atoms with van der Waals surface area (Å²) in [7, 11) is 1.48. The molecule has 0 aliphatic heterocycles. The average molecular weight is 357 g/mol. The molecular formula is C17H13ClN4O3. The second-order valence-corrected chi connectivity index (χ2v) is 5.54. The lowest BCUT2D eigenvalue weighted by Gasteiger charge is -2.09. The Labute approximate surface area is 147 Å². The molecule has 0 aliphatic carbocycles. The third-order valence-electron chi connectivity index (χ3n) is 3.55. The highest BCUT2D eigenvalue weighted by atomic mass is 35.5. The van der Waals surface area contributed by atoms with E-state index < -0.39 is 11.5 Å². The number of halogens is 1. The Morgan fingerprint density at radius 3 is 2.68 bits per heavy atom. The van der Waals surface area contributed by atoms with Crippen molar-refractivity contribution in [2.45, 2.75) is 0 Å². The molecule has 0 saturated heterocycles. The van der Waals surface area contributed by atoms with E-state index in [0.29, 0.717) is 11.3 Å². The number of amides is 2. The Bertz CT molecular complexity index is 1050. The van der Waals surface area contributed by atoms with Gasteiger partial charge in [-0.25, -0.2) is 4.98 Å². The number of carbonyl (C=O) groups excluding carboxylic acids is 2. The molecule has 0 spiro atoms. The van der Waals surface area contributed by atoms with Crippen LogP contribution in [-0.4, -0.2) is 28.2 Å². The van der Waals surface area contributed by atoms with Gasteiger partial charge in [0.15, 0.2) is 0 Å². The van der Waals surface area contributed by atoms with Crippen molar-refractivity contribution in [2.75, 3.05) is 12.4 Å². The van der Waals surface area contributed by atoms with Gasteiger partial charge in [-0.05, 0) is 30.3 Å². The van der Waals surface area contributed by atoms with Gasteiger partial charge in [0.1, 0.15) is 11.2 Å². The van der Waals surface area contributed by atoms with Crippen molar-refractivity contribution >= 4 is 34.7 Å². The van der Waals surface area contributed by atoms with Gasteiger partial charge in [0.05, 0.1) is 10.6 Å². The number of carbonyl (C=O) groups is 2. The molecule has 0 unspecified atom stereocenters. The van der Waals surface area contributed by atoms with Gasteiger partial charge >= 0.3 is 0 Å². The van der Waals surface area contributed by atoms with E-state index in [9.17, 15) is 14.4 Å². The van der Waals surface area contributed by atoms with Crippen molar-refractivity contribution in [3.63, 3.8) is 0 Å². The highest BCUT2D eigenvalue weighted by Crippen LogP contribution is 2.20. The lowest BCUT2D eigenvalue weighted by atomic mass is 10.1. The molecule has 0 radical (unpaired) electrons. The fourth-order valence-electron chi connectivity index (χ4n) is 2.29. The van der Waals surface area contributed by atoms with Gasteiger partial charge in [-0.2, -0.15) is 0 Å². The molecule has 2 aromatic heterocycles. The van der Waals surface area contributed by atoms with Crippen molar-refractivity contribution in [1.29, 1.82) is 0 Å². The molecule has 0 bridgehead atoms. The summed E-state index contributed by atoms with van der Waals surface area (Å²) < 4.78 is 1.28. The molecule has 0 fully saturated rings. The summed E-state index contributed by atoms with van der Waals surface area (Å²) in [5, 5.41) is 5.30. The second-order valence-electron chi connectivity index (χ2n) is 5.13. The summed E-state index contributed by atoms with van der Waals surface area (Å²) >= 11 is 5.98. The van der Waals surface area contributed by atoms with Crippen LogP contribution in [0, 0.1) is 0 Å². The Kier molecular flexibility index (Phi) is 4.49. The van der Waals surface area contributed by atoms with Crippen LogP contribution in [0.1, 0.15) is 20.7 Å². The molecule has 8 heteroatoms. The maximum Gasteiger partial charge on any atom is 0.270 e. The fraction of sp³-hybridized carbons (Fsp3) is 0.0588. The van der Waals surface area contributed by atoms with Crippen molar-refractivity contribution in [1.82, 2.24) is 14.7 Å². The Hall–Kier alpha value is -3.19. The number of nitrogens with zero attached hydrogens (tertiary/aromatic N) is 2. The van der Waals surface area contributed by atoms with Gasteiger partial charge in [-0.3, -0.25) is 18.8 Å². The van der Waals surface area contributed by atoms with Crippen LogP contribution in [0.3, 0.4) is 0 Å². The zero-order valence-corrected chi connectivity index (χ0v) is 13.9. The number of aromatic nitrogens is 2. The van der Waals surface area contributed by atoms with E-state index in [2.05, 4.69) is 15.6 Å². The first-order valence-corrected chi connectivity index (χ1v) is 7.68. The maximum absolute atomic E-state index is 12.4. The van der Waals surface area contributed by atoms with E-state index in [-0.39, 0.29) is 22.1 Å². The van der Waals surface area contributed by atoms with Crippen LogP contribution < -0.4 is 16.2 Å². The molecule has 2 N–H and O–H groups in total. The maximum atomic E-state index is 12.4. The van der Waals surface area contributed by atoms with E-state index in [1.54, 1.807) is 24.3 Å². The third-order valence-corrected chi connectivity index (χ3v) is 3.88. The number of hydrogen-bond donors (Lipinski definition) is 2. The molecule has 0 aliphatic rings. The Balaban J connectivity index is 1.94. The average Bonchev–Trinajstić information content (AvgIpc) is 2.63. The van der Waals surface area contributed by atoms with Crippen LogP contribution in [-0.2, 0) is 0 Å². The van der Waals surface area contributed by atoms with Crippen LogP contribution in [0.4, 0.5) is 5.69 Å². The molecule has 0 saturated carbocycles. The smallest absolute Gasteiger partial charge is 0.270 e. The predicted molar refractivity (Wildman–Crippen MR) is 94.3 cm³/mol. The van der Waals surface area contributed by atoms with Gasteiger partial charge in [0.25, 0.3) is 17.4 Å². The van der Waals surface area contributed by atoms with Crippen LogP contribution in [0.25, 0.3) is 5.65 Å². The standard InChI is InChI=1S/C17H13ClN4O3/c1-19-15(23)11-8-10(5-6-13(11)18)21-16(24)12-9-20-14-4-2-3-7-22(14)17(12)25/h2-9H,1H3,(H,19,23)(H,21,24). The van der Waals surface area contributed by atoms with Crippen LogP contribution in [0.5, 0.6) is 0 Å². The first-order chi connectivity index (χ1) is 12.0. The van der Waals surface area contributed by atoms with E-state index in [1.807, 2.05) is 0 Å². The number of anilines is 1. The molecule has 3 aromatic rings. The van der Waals surface area contributed by atoms with Gasteiger partial charge in [0.2, 0.25) is 0 Å². The first-order valence-electron chi connectivity index (χ1n) is 7.30. The largest absolute Gasteiger partial charge is 0.355 e. The summed E-state index contributed by atoms with van der Waals surface area (Å²) in [6.45, 7) is 0. The number of nitrogens with one attached hydrogen (secondary N) is 2. The summed E-state index contributed by atoms with van der Waals surface area (Å²) in [5.41, 5.74) is 0.405. The number of fused-ring (bicyclic) bond motifs is 1. The number of pyridine rings is 1. The Morgan fingerprint density at radius 2 is 1.92 bits per heavy atom. The zero-order valence-electron chi connectivity index (χ0n) is 13.1. The minimum atomic E-state index is -0.624. The van der Waals surface area contributed by atoms with Crippen LogP contribution in [0.15, 0.2) is 53.6 Å². The molecule has 1 aromatic carbocycles. The van der Waals surface area contributed by atoms with E-state index in [4.69, 9.17) is 11.6 Å². The molecular weight excluding hydrogens is 344 g/mol. The SMILES string of the molecule is CNC(=O)c1cc(NC(=O)c2cnc3ccccn3c2=O)ccc1Cl. The highest BCUT2D eigenvalue weighted by molar-refractivity contribution is 6.34. The van der Waals surface area contributed by atoms with E-state index >= 15 is 0 Å². The molecule has 7 nitrogen and oxygen atoms in total. The second kappa shape index (κ2) is 6.74. The normalized spacial score (nSPS) is 10.5. The molecule has 25 heavy (non-hydrogen) atoms. The molecule has 2 amide bonds. The lowest BCUT2D eigenvalue weighted by Crippen LogP contribution is -2.26. The third kappa shape index (κ3) is 3.22. The summed E-state index contributed by atoms with van der Waals surface area (Å²) in [4.78, 5) is 40.7. The quantitative estimate of drug-likeness (QED) is 0.750. The van der Waals surface area contributed by atoms with Crippen LogP contribution >= 0.6 is 11.6 Å². The highest BCUT2D eigenvalue weighted by Gasteiger charge is 2.15. The molecule has 2 heterocycles. The minimum Gasteiger partial charge on any atom is -0.355 e. The van der Waals surface area contributed by atoms with Gasteiger partial charge < -0.3 is 10.6 Å². The van der Waals surface area contributed by atoms with Gasteiger partial charge in [0, 0.05) is 25.1 Å². The van der Waals surface area contributed by atoms with E-state index in [1.165, 1.54) is 36.0 Å². The Morgan fingerprint density at radius 1 is 1.12 bits per heavy atom. The van der Waals surface area contributed by atoms with E-state index in [0.717, 1.165) is 0 Å². The molecule has 126 valence electrons. The van der Waals surface area contributed by atoms with Crippen molar-refractivity contribution in [3.8, 4) is 0 Å². The lowest BCUT2D eigenvalue weighted by molar-refractivity contribution is 0.0961. The minimum absolute atomic E-state index is 0.111. The number of benzene rings is 1. The number of hydrogen-bond acceptors (Lipinski definition) is 4. The molecule has 3 rings (SSSR count). The van der Waals surface area contributed by atoms with Crippen molar-refractivity contribution in [2.24, 2.45) is 0 Å². The van der Waals surface area contributed by atoms with Crippen LogP contribution in [0.2, 0.25) is 5.02 Å².